The van der Waals surface area contributed by atoms with Crippen LogP contribution in [0.5, 0.6) is 5.75 Å². The van der Waals surface area contributed by atoms with Gasteiger partial charge in [0, 0.05) is 12.0 Å². The molecule has 0 saturated carbocycles. The van der Waals surface area contributed by atoms with Crippen molar-refractivity contribution in [3.8, 4) is 5.75 Å². The maximum absolute atomic E-state index is 5.89. The Balaban J connectivity index is 2.31. The molecule has 0 fully saturated rings. The van der Waals surface area contributed by atoms with Gasteiger partial charge < -0.3 is 10.5 Å². The molecule has 0 bridgehead atoms. The molecule has 2 aromatic rings. The van der Waals surface area contributed by atoms with E-state index in [1.165, 1.54) is 16.3 Å². The van der Waals surface area contributed by atoms with Crippen LogP contribution in [0.25, 0.3) is 10.8 Å². The first-order chi connectivity index (χ1) is 9.22. The molecule has 2 rings (SSSR count). The van der Waals surface area contributed by atoms with Gasteiger partial charge in [-0.15, -0.1) is 6.58 Å². The van der Waals surface area contributed by atoms with Crippen LogP contribution < -0.4 is 10.5 Å². The summed E-state index contributed by atoms with van der Waals surface area (Å²) in [6.45, 7) is 7.22. The lowest BCUT2D eigenvalue weighted by atomic mass is 10.0. The molecule has 0 aliphatic rings. The first-order valence-corrected chi connectivity index (χ1v) is 6.70. The second-order valence-electron chi connectivity index (χ2n) is 4.86. The largest absolute Gasteiger partial charge is 0.493 e. The predicted octanol–water partition coefficient (Wildman–Crippen LogP) is 3.69. The number of fused-ring (bicyclic) bond motifs is 1. The Bertz CT molecular complexity index is 574. The van der Waals surface area contributed by atoms with Crippen molar-refractivity contribution >= 4 is 10.8 Å². The van der Waals surface area contributed by atoms with E-state index in [1.54, 1.807) is 0 Å². The molecule has 0 aromatic heterocycles. The van der Waals surface area contributed by atoms with Crippen LogP contribution in [0, 0.1) is 0 Å². The monoisotopic (exact) mass is 255 g/mol. The lowest BCUT2D eigenvalue weighted by Crippen LogP contribution is -2.07. The second-order valence-corrected chi connectivity index (χ2v) is 4.86. The molecular formula is C17H21NO. The Labute approximate surface area is 114 Å². The number of ether oxygens (including phenoxy) is 1. The minimum atomic E-state index is 0.630. The van der Waals surface area contributed by atoms with Crippen molar-refractivity contribution in [3.63, 3.8) is 0 Å². The van der Waals surface area contributed by atoms with E-state index in [4.69, 9.17) is 10.5 Å². The number of rotatable bonds is 6. The van der Waals surface area contributed by atoms with Crippen LogP contribution in [-0.4, -0.2) is 13.2 Å². The van der Waals surface area contributed by atoms with E-state index in [0.29, 0.717) is 13.2 Å². The third-order valence-electron chi connectivity index (χ3n) is 3.18. The minimum absolute atomic E-state index is 0.630. The van der Waals surface area contributed by atoms with Gasteiger partial charge in [-0.2, -0.15) is 0 Å². The Morgan fingerprint density at radius 1 is 1.21 bits per heavy atom. The molecule has 2 heteroatoms. The van der Waals surface area contributed by atoms with E-state index in [1.807, 2.05) is 13.0 Å². The van der Waals surface area contributed by atoms with E-state index in [0.717, 1.165) is 24.2 Å². The van der Waals surface area contributed by atoms with Crippen LogP contribution in [0.2, 0.25) is 0 Å². The molecule has 0 atom stereocenters. The predicted molar refractivity (Wildman–Crippen MR) is 81.6 cm³/mol. The minimum Gasteiger partial charge on any atom is -0.493 e. The summed E-state index contributed by atoms with van der Waals surface area (Å²) in [5, 5.41) is 2.47. The van der Waals surface area contributed by atoms with Gasteiger partial charge in [-0.05, 0) is 36.7 Å². The standard InChI is InChI=1S/C17H21NO/c1-13(2)10-12-19-17-8-7-14-5-3-4-6-15(14)16(17)9-11-18/h3-8H,1,9-12,18H2,2H3. The molecule has 0 radical (unpaired) electrons. The molecule has 19 heavy (non-hydrogen) atoms. The van der Waals surface area contributed by atoms with E-state index < -0.39 is 0 Å². The molecule has 0 amide bonds. The van der Waals surface area contributed by atoms with Crippen molar-refractivity contribution in [1.82, 2.24) is 0 Å². The molecule has 2 nitrogen and oxygen atoms in total. The zero-order valence-electron chi connectivity index (χ0n) is 11.5. The molecule has 2 N–H and O–H groups in total. The van der Waals surface area contributed by atoms with Crippen LogP contribution in [0.4, 0.5) is 0 Å². The quantitative estimate of drug-likeness (QED) is 0.799. The van der Waals surface area contributed by atoms with Crippen LogP contribution in [0.1, 0.15) is 18.9 Å². The van der Waals surface area contributed by atoms with Gasteiger partial charge in [0.15, 0.2) is 0 Å². The summed E-state index contributed by atoms with van der Waals surface area (Å²) in [7, 11) is 0. The first kappa shape index (κ1) is 13.6. The Kier molecular flexibility index (Phi) is 4.58. The van der Waals surface area contributed by atoms with Crippen LogP contribution in [0.3, 0.4) is 0 Å². The van der Waals surface area contributed by atoms with Gasteiger partial charge in [0.05, 0.1) is 6.61 Å². The number of hydrogen-bond acceptors (Lipinski definition) is 2. The van der Waals surface area contributed by atoms with Crippen molar-refractivity contribution in [2.45, 2.75) is 19.8 Å². The summed E-state index contributed by atoms with van der Waals surface area (Å²) in [5.41, 5.74) is 8.08. The highest BCUT2D eigenvalue weighted by atomic mass is 16.5. The van der Waals surface area contributed by atoms with Crippen LogP contribution in [-0.2, 0) is 6.42 Å². The first-order valence-electron chi connectivity index (χ1n) is 6.70. The molecule has 0 unspecified atom stereocenters. The summed E-state index contributed by atoms with van der Waals surface area (Å²) >= 11 is 0. The zero-order valence-corrected chi connectivity index (χ0v) is 11.5. The van der Waals surface area contributed by atoms with Gasteiger partial charge in [-0.25, -0.2) is 0 Å². The maximum Gasteiger partial charge on any atom is 0.123 e. The molecule has 100 valence electrons. The summed E-state index contributed by atoms with van der Waals surface area (Å²) < 4.78 is 5.89. The van der Waals surface area contributed by atoms with Gasteiger partial charge in [0.25, 0.3) is 0 Å². The van der Waals surface area contributed by atoms with E-state index in [-0.39, 0.29) is 0 Å². The maximum atomic E-state index is 5.89. The normalized spacial score (nSPS) is 10.6. The van der Waals surface area contributed by atoms with Crippen molar-refractivity contribution in [3.05, 3.63) is 54.1 Å². The van der Waals surface area contributed by atoms with Crippen LogP contribution >= 0.6 is 0 Å². The molecular weight excluding hydrogens is 234 g/mol. The molecule has 0 aliphatic carbocycles. The smallest absolute Gasteiger partial charge is 0.123 e. The van der Waals surface area contributed by atoms with Crippen molar-refractivity contribution in [1.29, 1.82) is 0 Å². The Morgan fingerprint density at radius 3 is 2.74 bits per heavy atom. The fourth-order valence-corrected chi connectivity index (χ4v) is 2.19. The Morgan fingerprint density at radius 2 is 2.00 bits per heavy atom. The highest BCUT2D eigenvalue weighted by Gasteiger charge is 2.08. The highest BCUT2D eigenvalue weighted by molar-refractivity contribution is 5.87. The third kappa shape index (κ3) is 3.36. The van der Waals surface area contributed by atoms with Crippen molar-refractivity contribution in [2.75, 3.05) is 13.2 Å². The van der Waals surface area contributed by atoms with Gasteiger partial charge in [0.2, 0.25) is 0 Å². The summed E-state index contributed by atoms with van der Waals surface area (Å²) in [4.78, 5) is 0. The van der Waals surface area contributed by atoms with Gasteiger partial charge in [-0.1, -0.05) is 35.9 Å². The molecule has 0 saturated heterocycles. The lowest BCUT2D eigenvalue weighted by molar-refractivity contribution is 0.319. The Hall–Kier alpha value is -1.80. The lowest BCUT2D eigenvalue weighted by Gasteiger charge is -2.14. The van der Waals surface area contributed by atoms with E-state index in [2.05, 4.69) is 36.9 Å². The highest BCUT2D eigenvalue weighted by Crippen LogP contribution is 2.28. The molecule has 0 spiro atoms. The van der Waals surface area contributed by atoms with Crippen molar-refractivity contribution < 1.29 is 4.74 Å². The van der Waals surface area contributed by atoms with E-state index >= 15 is 0 Å². The van der Waals surface area contributed by atoms with Gasteiger partial charge in [0.1, 0.15) is 5.75 Å². The number of hydrogen-bond donors (Lipinski definition) is 1. The topological polar surface area (TPSA) is 35.2 Å². The fraction of sp³-hybridized carbons (Fsp3) is 0.294. The molecule has 2 aromatic carbocycles. The fourth-order valence-electron chi connectivity index (χ4n) is 2.19. The zero-order chi connectivity index (χ0) is 13.7. The van der Waals surface area contributed by atoms with Gasteiger partial charge >= 0.3 is 0 Å². The van der Waals surface area contributed by atoms with Crippen molar-refractivity contribution in [2.24, 2.45) is 5.73 Å². The van der Waals surface area contributed by atoms with E-state index in [9.17, 15) is 0 Å². The molecule has 0 heterocycles. The molecule has 0 aliphatic heterocycles. The van der Waals surface area contributed by atoms with Crippen LogP contribution in [0.15, 0.2) is 48.6 Å². The summed E-state index contributed by atoms with van der Waals surface area (Å²) in [6.07, 6.45) is 1.72. The second kappa shape index (κ2) is 6.39. The average molecular weight is 255 g/mol. The SMILES string of the molecule is C=C(C)CCOc1ccc2ccccc2c1CCN. The third-order valence-corrected chi connectivity index (χ3v) is 3.18. The average Bonchev–Trinajstić information content (AvgIpc) is 2.41. The summed E-state index contributed by atoms with van der Waals surface area (Å²) in [6, 6.07) is 12.5. The van der Waals surface area contributed by atoms with Gasteiger partial charge in [-0.3, -0.25) is 0 Å². The summed E-state index contributed by atoms with van der Waals surface area (Å²) in [5.74, 6) is 0.949. The number of nitrogens with two attached hydrogens (primary N) is 1. The number of benzene rings is 2.